The zero-order valence-electron chi connectivity index (χ0n) is 27.8. The zero-order chi connectivity index (χ0) is 34.3. The first-order valence-electron chi connectivity index (χ1n) is 15.4. The molecule has 0 radical (unpaired) electrons. The fourth-order valence-corrected chi connectivity index (χ4v) is 12.0. The van der Waals surface area contributed by atoms with Crippen molar-refractivity contribution in [2.75, 3.05) is 41.5 Å². The summed E-state index contributed by atoms with van der Waals surface area (Å²) in [5, 5.41) is 1.40. The van der Waals surface area contributed by atoms with Gasteiger partial charge in [0.1, 0.15) is 7.43 Å². The molecule has 1 fully saturated rings. The Bertz CT molecular complexity index is 889. The molecule has 0 aromatic heterocycles. The second kappa shape index (κ2) is 25.8. The van der Waals surface area contributed by atoms with Crippen LogP contribution in [0.3, 0.4) is 0 Å². The minimum Gasteiger partial charge on any atom is -0.330 e. The van der Waals surface area contributed by atoms with Crippen LogP contribution in [0, 0.1) is 10.8 Å². The first kappa shape index (κ1) is 44.8. The van der Waals surface area contributed by atoms with E-state index in [9.17, 15) is 28.2 Å². The van der Waals surface area contributed by atoms with E-state index in [1.54, 1.807) is 57.0 Å². The lowest BCUT2D eigenvalue weighted by molar-refractivity contribution is -0.204. The van der Waals surface area contributed by atoms with Crippen LogP contribution >= 0.6 is 62.0 Å². The van der Waals surface area contributed by atoms with Crippen LogP contribution in [0.25, 0.3) is 0 Å². The molecule has 0 aromatic carbocycles. The molecule has 4 amide bonds. The minimum atomic E-state index is -1.53. The number of amides is 4. The summed E-state index contributed by atoms with van der Waals surface area (Å²) >= 11 is 1.40. The van der Waals surface area contributed by atoms with Gasteiger partial charge in [-0.15, -0.1) is 5.06 Å². The van der Waals surface area contributed by atoms with E-state index in [-0.39, 0.29) is 30.6 Å². The van der Waals surface area contributed by atoms with Crippen molar-refractivity contribution < 1.29 is 37.8 Å². The van der Waals surface area contributed by atoms with Gasteiger partial charge >= 0.3 is 5.97 Å². The summed E-state index contributed by atoms with van der Waals surface area (Å²) in [6.07, 6.45) is 5.31. The Hall–Kier alpha value is -0.180. The summed E-state index contributed by atoms with van der Waals surface area (Å²) in [5.74, 6) is 2.32. The van der Waals surface area contributed by atoms with Gasteiger partial charge in [-0.3, -0.25) is 24.0 Å². The molecule has 1 rings (SSSR count). The van der Waals surface area contributed by atoms with Crippen molar-refractivity contribution in [2.45, 2.75) is 99.8 Å². The molecule has 1 aliphatic rings. The van der Waals surface area contributed by atoms with Crippen molar-refractivity contribution in [1.82, 2.24) is 10.1 Å². The Labute approximate surface area is 290 Å². The molecule has 262 valence electrons. The third-order valence-electron chi connectivity index (χ3n) is 6.16. The Morgan fingerprint density at radius 2 is 1.49 bits per heavy atom. The number of carbonyl (C=O) groups excluding carboxylic acids is 5. The second-order valence-corrected chi connectivity index (χ2v) is 20.3. The van der Waals surface area contributed by atoms with Crippen LogP contribution in [-0.4, -0.2) is 81.8 Å². The van der Waals surface area contributed by atoms with Crippen molar-refractivity contribution >= 4 is 92.1 Å². The molecule has 0 spiro atoms. The van der Waals surface area contributed by atoms with Gasteiger partial charge in [0.25, 0.3) is 17.7 Å². The molecule has 1 unspecified atom stereocenters. The quantitative estimate of drug-likeness (QED) is 0.0222. The molecule has 0 N–H and O–H groups in total. The number of imide groups is 2. The average molecular weight is 751 g/mol. The summed E-state index contributed by atoms with van der Waals surface area (Å²) < 4.78 is 14.3. The predicted octanol–water partition coefficient (Wildman–Crippen LogP) is 8.73. The molecule has 9 nitrogen and oxygen atoms in total. The molecule has 0 aliphatic carbocycles. The summed E-state index contributed by atoms with van der Waals surface area (Å²) in [6.45, 7) is 13.8. The van der Waals surface area contributed by atoms with E-state index in [1.807, 2.05) is 34.6 Å². The molecule has 45 heavy (non-hydrogen) atoms. The van der Waals surface area contributed by atoms with Crippen LogP contribution in [0.1, 0.15) is 99.8 Å². The highest BCUT2D eigenvalue weighted by Gasteiger charge is 2.37. The summed E-state index contributed by atoms with van der Waals surface area (Å²) in [4.78, 5) is 69.1. The fraction of sp³-hybridized carbons (Fsp3) is 0.828. The number of halogens is 1. The van der Waals surface area contributed by atoms with Crippen LogP contribution < -0.4 is 0 Å². The maximum atomic E-state index is 14.3. The third-order valence-corrected chi connectivity index (χ3v) is 14.9. The number of nitrogens with zero attached hydrogens (tertiary/aromatic N) is 2. The minimum absolute atomic E-state index is 0.0775. The van der Waals surface area contributed by atoms with E-state index in [0.717, 1.165) is 53.1 Å². The summed E-state index contributed by atoms with van der Waals surface area (Å²) in [7, 11) is 5.32. The van der Waals surface area contributed by atoms with Crippen LogP contribution in [-0.2, 0) is 33.6 Å². The van der Waals surface area contributed by atoms with E-state index in [1.165, 1.54) is 11.4 Å². The lowest BCUT2D eigenvalue weighted by Gasteiger charge is -2.26. The van der Waals surface area contributed by atoms with Crippen LogP contribution in [0.2, 0.25) is 0 Å². The summed E-state index contributed by atoms with van der Waals surface area (Å²) in [5.41, 5.74) is -0.963. The van der Waals surface area contributed by atoms with Crippen molar-refractivity contribution in [3.8, 4) is 0 Å². The predicted molar refractivity (Wildman–Crippen MR) is 194 cm³/mol. The number of hydrogen-bond donors (Lipinski definition) is 0. The van der Waals surface area contributed by atoms with Gasteiger partial charge in [0.15, 0.2) is 0 Å². The van der Waals surface area contributed by atoms with Crippen LogP contribution in [0.5, 0.6) is 0 Å². The highest BCUT2D eigenvalue weighted by molar-refractivity contribution is 8.77. The molecule has 1 heterocycles. The van der Waals surface area contributed by atoms with Gasteiger partial charge in [-0.25, -0.2) is 8.99 Å². The van der Waals surface area contributed by atoms with Gasteiger partial charge in [-0.05, 0) is 51.4 Å². The molecule has 0 aromatic rings. The molecular weight excluding hydrogens is 699 g/mol. The Balaban J connectivity index is 0.00000947. The molecule has 1 aliphatic heterocycles. The largest absolute Gasteiger partial charge is 0.338 e. The highest BCUT2D eigenvalue weighted by Crippen LogP contribution is 2.52. The van der Waals surface area contributed by atoms with Crippen molar-refractivity contribution in [2.24, 2.45) is 10.8 Å². The lowest BCUT2D eigenvalue weighted by Crippen LogP contribution is -2.37. The molecule has 1 saturated heterocycles. The van der Waals surface area contributed by atoms with Crippen molar-refractivity contribution in [1.29, 1.82) is 0 Å². The monoisotopic (exact) mass is 750 g/mol. The molecule has 0 saturated carbocycles. The van der Waals surface area contributed by atoms with Crippen LogP contribution in [0.4, 0.5) is 4.20 Å². The zero-order valence-corrected chi connectivity index (χ0v) is 32.8. The van der Waals surface area contributed by atoms with Gasteiger partial charge in [-0.1, -0.05) is 89.2 Å². The lowest BCUT2D eigenvalue weighted by atomic mass is 9.88. The van der Waals surface area contributed by atoms with E-state index < -0.39 is 30.6 Å². The Kier molecular flexibility index (Phi) is 25.7. The summed E-state index contributed by atoms with van der Waals surface area (Å²) in [6, 6.07) is 0. The third kappa shape index (κ3) is 20.7. The number of hydrogen-bond acceptors (Lipinski definition) is 12. The molecule has 0 bridgehead atoms. The van der Waals surface area contributed by atoms with Crippen molar-refractivity contribution in [3.05, 3.63) is 0 Å². The van der Waals surface area contributed by atoms with E-state index in [2.05, 4.69) is 0 Å². The standard InChI is InChI=1S/C27H46FN2O7PS5.C2H6/c1-6-9-22(32)29(21-31)36-20-26(2,3)12-7-15-40-42-17-14-38(28)39-18-19-43-41-16-8-13-27(4,5)25(35)37-30-23(33)10-11-24(30)34;1-2/h21H,6-20H2,1-5H3;1-2H3. The van der Waals surface area contributed by atoms with E-state index >= 15 is 0 Å². The molecule has 16 heteroatoms. The van der Waals surface area contributed by atoms with Gasteiger partial charge in [0.2, 0.25) is 6.41 Å². The van der Waals surface area contributed by atoms with E-state index in [0.29, 0.717) is 37.1 Å². The Morgan fingerprint density at radius 1 is 0.933 bits per heavy atom. The molecule has 1 atom stereocenters. The Morgan fingerprint density at radius 3 is 2.07 bits per heavy atom. The highest BCUT2D eigenvalue weighted by atomic mass is 33.1. The number of rotatable bonds is 25. The maximum Gasteiger partial charge on any atom is 0.338 e. The normalized spacial score (nSPS) is 14.2. The average Bonchev–Trinajstić information content (AvgIpc) is 3.31. The topological polar surface area (TPSA) is 110 Å². The first-order valence-corrected chi connectivity index (χ1v) is 23.3. The molecular formula is C29H52FN2O7PS5. The maximum absolute atomic E-state index is 14.3. The van der Waals surface area contributed by atoms with Gasteiger partial charge in [-0.2, -0.15) is 5.06 Å². The fourth-order valence-electron chi connectivity index (χ4n) is 3.53. The van der Waals surface area contributed by atoms with Crippen molar-refractivity contribution in [3.63, 3.8) is 0 Å². The van der Waals surface area contributed by atoms with E-state index in [4.69, 9.17) is 9.68 Å². The second-order valence-electron chi connectivity index (χ2n) is 11.2. The van der Waals surface area contributed by atoms with Gasteiger partial charge in [0, 0.05) is 54.2 Å². The van der Waals surface area contributed by atoms with Gasteiger partial charge < -0.3 is 4.84 Å². The number of hydroxylamine groups is 4. The SMILES string of the molecule is CC.CCCC(=O)N(C=O)OCC(C)(C)CCCSSCCP(F)SCCSSCCCC(C)(C)C(=O)ON1C(=O)CCC1=O. The van der Waals surface area contributed by atoms with Crippen LogP contribution in [0.15, 0.2) is 0 Å². The first-order chi connectivity index (χ1) is 21.3. The smallest absolute Gasteiger partial charge is 0.330 e. The number of carbonyl (C=O) groups is 5. The van der Waals surface area contributed by atoms with Gasteiger partial charge in [0.05, 0.1) is 12.0 Å².